The van der Waals surface area contributed by atoms with E-state index in [-0.39, 0.29) is 4.90 Å². The van der Waals surface area contributed by atoms with Crippen LogP contribution in [0.4, 0.5) is 5.69 Å². The van der Waals surface area contributed by atoms with Gasteiger partial charge >= 0.3 is 0 Å². The molecule has 0 aliphatic carbocycles. The molecule has 6 nitrogen and oxygen atoms in total. The number of nitrogens with one attached hydrogen (secondary N) is 1. The summed E-state index contributed by atoms with van der Waals surface area (Å²) in [5.41, 5.74) is 0.936. The molecule has 0 radical (unpaired) electrons. The summed E-state index contributed by atoms with van der Waals surface area (Å²) in [6.07, 6.45) is 1.58. The average molecular weight is 474 g/mol. The zero-order valence-corrected chi connectivity index (χ0v) is 17.7. The molecule has 0 bridgehead atoms. The molecule has 0 aliphatic heterocycles. The van der Waals surface area contributed by atoms with Crippen LogP contribution in [0, 0.1) is 6.92 Å². The number of anilines is 1. The molecule has 0 spiro atoms. The van der Waals surface area contributed by atoms with E-state index < -0.39 is 10.0 Å². The first-order chi connectivity index (χ1) is 12.3. The minimum absolute atomic E-state index is 0.139. The summed E-state index contributed by atoms with van der Waals surface area (Å²) in [6.45, 7) is 1.67. The summed E-state index contributed by atoms with van der Waals surface area (Å²) >= 11 is 10.8. The van der Waals surface area contributed by atoms with E-state index in [1.807, 2.05) is 19.2 Å². The average Bonchev–Trinajstić information content (AvgIpc) is 2.97. The van der Waals surface area contributed by atoms with Gasteiger partial charge in [-0.3, -0.25) is 4.72 Å². The molecule has 26 heavy (non-hydrogen) atoms. The molecule has 1 N–H and O–H groups in total. The molecule has 3 aromatic rings. The lowest BCUT2D eigenvalue weighted by atomic mass is 10.2. The molecular formula is C16H14BrClN4O2S2. The molecule has 1 heterocycles. The largest absolute Gasteiger partial charge is 0.311 e. The molecule has 10 heteroatoms. The monoisotopic (exact) mass is 472 g/mol. The van der Waals surface area contributed by atoms with Gasteiger partial charge in [0.1, 0.15) is 6.33 Å². The first-order valence-corrected chi connectivity index (χ1v) is 10.8. The highest BCUT2D eigenvalue weighted by Crippen LogP contribution is 2.35. The van der Waals surface area contributed by atoms with Gasteiger partial charge in [-0.1, -0.05) is 33.6 Å². The van der Waals surface area contributed by atoms with Crippen LogP contribution >= 0.6 is 39.3 Å². The number of rotatable bonds is 5. The molecule has 3 rings (SSSR count). The smallest absolute Gasteiger partial charge is 0.262 e. The van der Waals surface area contributed by atoms with E-state index in [2.05, 4.69) is 30.8 Å². The molecule has 0 atom stereocenters. The summed E-state index contributed by atoms with van der Waals surface area (Å²) in [6, 6.07) is 10.1. The van der Waals surface area contributed by atoms with Gasteiger partial charge in [0.15, 0.2) is 5.16 Å². The first kappa shape index (κ1) is 19.2. The van der Waals surface area contributed by atoms with E-state index in [4.69, 9.17) is 11.6 Å². The van der Waals surface area contributed by atoms with Gasteiger partial charge in [0.2, 0.25) is 0 Å². The number of nitrogens with zero attached hydrogens (tertiary/aromatic N) is 3. The minimum Gasteiger partial charge on any atom is -0.311 e. The normalized spacial score (nSPS) is 11.5. The number of sulfonamides is 1. The molecule has 0 aliphatic rings. The van der Waals surface area contributed by atoms with Crippen molar-refractivity contribution < 1.29 is 8.42 Å². The van der Waals surface area contributed by atoms with Gasteiger partial charge in [0.25, 0.3) is 10.0 Å². The van der Waals surface area contributed by atoms with Crippen molar-refractivity contribution in [1.82, 2.24) is 14.8 Å². The van der Waals surface area contributed by atoms with Crippen LogP contribution in [0.3, 0.4) is 0 Å². The molecule has 0 saturated heterocycles. The van der Waals surface area contributed by atoms with Crippen molar-refractivity contribution in [3.05, 3.63) is 57.8 Å². The molecule has 1 aromatic heterocycles. The van der Waals surface area contributed by atoms with Crippen molar-refractivity contribution in [2.24, 2.45) is 7.05 Å². The molecule has 2 aromatic carbocycles. The summed E-state index contributed by atoms with van der Waals surface area (Å²) in [4.78, 5) is 0.840. The maximum Gasteiger partial charge on any atom is 0.262 e. The Balaban J connectivity index is 2.00. The number of aryl methyl sites for hydroxylation is 1. The molecule has 136 valence electrons. The van der Waals surface area contributed by atoms with Gasteiger partial charge in [-0.2, -0.15) is 0 Å². The Morgan fingerprint density at radius 3 is 2.73 bits per heavy atom. The van der Waals surface area contributed by atoms with Crippen LogP contribution in [0.5, 0.6) is 0 Å². The number of halogens is 2. The fraction of sp³-hybridized carbons (Fsp3) is 0.125. The Morgan fingerprint density at radius 1 is 1.27 bits per heavy atom. The third-order valence-corrected chi connectivity index (χ3v) is 7.11. The van der Waals surface area contributed by atoms with E-state index in [0.717, 1.165) is 4.47 Å². The van der Waals surface area contributed by atoms with Crippen molar-refractivity contribution in [2.75, 3.05) is 4.72 Å². The van der Waals surface area contributed by atoms with E-state index in [0.29, 0.717) is 26.3 Å². The predicted octanol–water partition coefficient (Wildman–Crippen LogP) is 4.49. The van der Waals surface area contributed by atoms with Crippen molar-refractivity contribution in [3.63, 3.8) is 0 Å². The Hall–Kier alpha value is -1.55. The Morgan fingerprint density at radius 2 is 2.04 bits per heavy atom. The highest BCUT2D eigenvalue weighted by atomic mass is 79.9. The van der Waals surface area contributed by atoms with Crippen molar-refractivity contribution in [3.8, 4) is 0 Å². The molecule has 0 unspecified atom stereocenters. The van der Waals surface area contributed by atoms with Crippen LogP contribution in [-0.2, 0) is 17.1 Å². The van der Waals surface area contributed by atoms with Gasteiger partial charge in [0.05, 0.1) is 10.6 Å². The fourth-order valence-corrected chi connectivity index (χ4v) is 5.04. The third kappa shape index (κ3) is 4.06. The van der Waals surface area contributed by atoms with E-state index in [1.165, 1.54) is 17.8 Å². The highest BCUT2D eigenvalue weighted by Gasteiger charge is 2.20. The molecule has 0 amide bonds. The molecule has 0 fully saturated rings. The topological polar surface area (TPSA) is 76.9 Å². The maximum atomic E-state index is 12.9. The zero-order chi connectivity index (χ0) is 18.9. The summed E-state index contributed by atoms with van der Waals surface area (Å²) in [7, 11) is -1.99. The first-order valence-electron chi connectivity index (χ1n) is 7.37. The maximum absolute atomic E-state index is 12.9. The Kier molecular flexibility index (Phi) is 5.61. The second-order valence-electron chi connectivity index (χ2n) is 5.44. The van der Waals surface area contributed by atoms with Gasteiger partial charge in [-0.05, 0) is 54.6 Å². The lowest BCUT2D eigenvalue weighted by molar-refractivity contribution is 0.600. The van der Waals surface area contributed by atoms with Crippen LogP contribution in [-0.4, -0.2) is 23.2 Å². The lowest BCUT2D eigenvalue weighted by Gasteiger charge is -2.14. The summed E-state index contributed by atoms with van der Waals surface area (Å²) in [5, 5.41) is 8.91. The van der Waals surface area contributed by atoms with E-state index >= 15 is 0 Å². The van der Waals surface area contributed by atoms with Gasteiger partial charge in [0, 0.05) is 21.4 Å². The van der Waals surface area contributed by atoms with Crippen LogP contribution in [0.2, 0.25) is 5.02 Å². The SMILES string of the molecule is Cc1c(Cl)cccc1S(=O)(=O)Nc1cc(Br)ccc1Sc1nncn1C. The van der Waals surface area contributed by atoms with Crippen LogP contribution in [0.15, 0.2) is 62.1 Å². The fourth-order valence-electron chi connectivity index (χ4n) is 2.21. The van der Waals surface area contributed by atoms with Crippen LogP contribution < -0.4 is 4.72 Å². The molecule has 0 saturated carbocycles. The summed E-state index contributed by atoms with van der Waals surface area (Å²) in [5.74, 6) is 0. The van der Waals surface area contributed by atoms with E-state index in [9.17, 15) is 8.42 Å². The van der Waals surface area contributed by atoms with Gasteiger partial charge < -0.3 is 4.57 Å². The number of hydrogen-bond acceptors (Lipinski definition) is 5. The van der Waals surface area contributed by atoms with Gasteiger partial charge in [-0.25, -0.2) is 8.42 Å². The predicted molar refractivity (Wildman–Crippen MR) is 106 cm³/mol. The van der Waals surface area contributed by atoms with Gasteiger partial charge in [-0.15, -0.1) is 10.2 Å². The van der Waals surface area contributed by atoms with Crippen molar-refractivity contribution in [2.45, 2.75) is 21.9 Å². The second kappa shape index (κ2) is 7.59. The minimum atomic E-state index is -3.81. The van der Waals surface area contributed by atoms with Crippen LogP contribution in [0.1, 0.15) is 5.56 Å². The standard InChI is InChI=1S/C16H14BrClN4O2S2/c1-10-12(18)4-3-5-15(10)26(23,24)21-13-8-11(17)6-7-14(13)25-16-20-19-9-22(16)2/h3-9,21H,1-2H3. The number of aromatic nitrogens is 3. The van der Waals surface area contributed by atoms with Crippen molar-refractivity contribution in [1.29, 1.82) is 0 Å². The number of benzene rings is 2. The third-order valence-electron chi connectivity index (χ3n) is 3.56. The summed E-state index contributed by atoms with van der Waals surface area (Å²) < 4.78 is 30.9. The van der Waals surface area contributed by atoms with Crippen molar-refractivity contribution >= 4 is 55.0 Å². The highest BCUT2D eigenvalue weighted by molar-refractivity contribution is 9.10. The zero-order valence-electron chi connectivity index (χ0n) is 13.8. The second-order valence-corrected chi connectivity index (χ2v) is 9.42. The Bertz CT molecular complexity index is 1070. The lowest BCUT2D eigenvalue weighted by Crippen LogP contribution is -2.15. The van der Waals surface area contributed by atoms with Crippen LogP contribution in [0.25, 0.3) is 0 Å². The Labute approximate surface area is 169 Å². The van der Waals surface area contributed by atoms with E-state index in [1.54, 1.807) is 36.0 Å². The quantitative estimate of drug-likeness (QED) is 0.591. The molecular weight excluding hydrogens is 460 g/mol. The number of hydrogen-bond donors (Lipinski definition) is 1.